The minimum Gasteiger partial charge on any atom is -0.229 e. The number of hydrogen-bond acceptors (Lipinski definition) is 2. The second-order valence-corrected chi connectivity index (χ2v) is 3.37. The zero-order chi connectivity index (χ0) is 8.10. The molecule has 1 aliphatic carbocycles. The lowest BCUT2D eigenvalue weighted by Crippen LogP contribution is -2.14. The molecule has 0 bridgehead atoms. The third kappa shape index (κ3) is 2.85. The van der Waals surface area contributed by atoms with Gasteiger partial charge in [-0.3, -0.25) is 0 Å². The van der Waals surface area contributed by atoms with Gasteiger partial charge in [-0.1, -0.05) is 6.92 Å². The molecule has 0 radical (unpaired) electrons. The van der Waals surface area contributed by atoms with Gasteiger partial charge in [0, 0.05) is 7.05 Å². The van der Waals surface area contributed by atoms with E-state index in [-0.39, 0.29) is 0 Å². The molecule has 0 spiro atoms. The van der Waals surface area contributed by atoms with Crippen LogP contribution in [0.1, 0.15) is 32.6 Å². The van der Waals surface area contributed by atoms with Crippen LogP contribution in [-0.2, 0) is 0 Å². The molecular weight excluding hydrogens is 136 g/mol. The summed E-state index contributed by atoms with van der Waals surface area (Å²) in [7, 11) is 1.72. The van der Waals surface area contributed by atoms with Gasteiger partial charge in [-0.2, -0.15) is 0 Å². The van der Waals surface area contributed by atoms with E-state index in [1.54, 1.807) is 7.05 Å². The molecule has 0 aromatic carbocycles. The van der Waals surface area contributed by atoms with Crippen LogP contribution in [0.5, 0.6) is 0 Å². The molecule has 0 aromatic rings. The molecule has 0 amide bonds. The van der Waals surface area contributed by atoms with Gasteiger partial charge in [-0.05, 0) is 31.6 Å². The zero-order valence-electron chi connectivity index (χ0n) is 7.38. The summed E-state index contributed by atoms with van der Waals surface area (Å²) in [5.41, 5.74) is 0. The Morgan fingerprint density at radius 2 is 1.82 bits per heavy atom. The summed E-state index contributed by atoms with van der Waals surface area (Å²) in [6, 6.07) is 3.19. The van der Waals surface area contributed by atoms with Crippen molar-refractivity contribution >= 4 is 6.01 Å². The van der Waals surface area contributed by atoms with E-state index in [2.05, 4.69) is 22.9 Å². The maximum absolute atomic E-state index is 4.22. The molecule has 1 rings (SSSR count). The predicted molar refractivity (Wildman–Crippen MR) is 47.2 cm³/mol. The Hall–Kier alpha value is -0.620. The van der Waals surface area contributed by atoms with Gasteiger partial charge in [0.25, 0.3) is 0 Å². The normalized spacial score (nSPS) is 30.7. The van der Waals surface area contributed by atoms with Crippen LogP contribution in [0.3, 0.4) is 0 Å². The standard InChI is InChI=1S/C9H16N2/c1-8-3-5-9(6-4-8)11-7-10-2/h8-9H,3-6H2,1-2H3. The number of hydrogen-bond donors (Lipinski definition) is 0. The van der Waals surface area contributed by atoms with Crippen molar-refractivity contribution in [2.75, 3.05) is 7.05 Å². The fourth-order valence-electron chi connectivity index (χ4n) is 1.51. The molecule has 1 saturated carbocycles. The summed E-state index contributed by atoms with van der Waals surface area (Å²) in [4.78, 5) is 7.95. The molecule has 0 aliphatic heterocycles. The molecule has 0 saturated heterocycles. The van der Waals surface area contributed by atoms with Crippen molar-refractivity contribution in [2.24, 2.45) is 15.9 Å². The Labute approximate surface area is 68.4 Å². The Kier molecular flexibility index (Phi) is 3.31. The first kappa shape index (κ1) is 8.48. The molecule has 2 heteroatoms. The van der Waals surface area contributed by atoms with Crippen molar-refractivity contribution in [1.82, 2.24) is 0 Å². The quantitative estimate of drug-likeness (QED) is 0.515. The molecule has 62 valence electrons. The summed E-state index contributed by atoms with van der Waals surface area (Å²) in [6.07, 6.45) is 5.09. The van der Waals surface area contributed by atoms with Crippen LogP contribution in [0.4, 0.5) is 0 Å². The fraction of sp³-hybridized carbons (Fsp3) is 0.889. The third-order valence-electron chi connectivity index (χ3n) is 2.33. The number of rotatable bonds is 1. The van der Waals surface area contributed by atoms with Gasteiger partial charge in [0.15, 0.2) is 0 Å². The van der Waals surface area contributed by atoms with Gasteiger partial charge in [-0.15, -0.1) is 0 Å². The highest BCUT2D eigenvalue weighted by Crippen LogP contribution is 2.24. The van der Waals surface area contributed by atoms with Crippen molar-refractivity contribution in [3.8, 4) is 0 Å². The van der Waals surface area contributed by atoms with Gasteiger partial charge in [0.05, 0.1) is 12.1 Å². The van der Waals surface area contributed by atoms with Crippen LogP contribution in [0.15, 0.2) is 9.98 Å². The Bertz CT molecular complexity index is 160. The minimum atomic E-state index is 0.509. The van der Waals surface area contributed by atoms with E-state index < -0.39 is 0 Å². The van der Waals surface area contributed by atoms with Crippen molar-refractivity contribution in [3.05, 3.63) is 0 Å². The highest BCUT2D eigenvalue weighted by molar-refractivity contribution is 5.41. The lowest BCUT2D eigenvalue weighted by molar-refractivity contribution is 0.350. The Morgan fingerprint density at radius 1 is 1.18 bits per heavy atom. The van der Waals surface area contributed by atoms with Gasteiger partial charge in [-0.25, -0.2) is 9.98 Å². The van der Waals surface area contributed by atoms with Crippen LogP contribution in [0.25, 0.3) is 0 Å². The first-order valence-electron chi connectivity index (χ1n) is 4.36. The predicted octanol–water partition coefficient (Wildman–Crippen LogP) is 2.37. The van der Waals surface area contributed by atoms with Gasteiger partial charge < -0.3 is 0 Å². The Balaban J connectivity index is 2.33. The molecule has 0 heterocycles. The smallest absolute Gasteiger partial charge is 0.0892 e. The van der Waals surface area contributed by atoms with Gasteiger partial charge >= 0.3 is 0 Å². The van der Waals surface area contributed by atoms with Crippen molar-refractivity contribution in [2.45, 2.75) is 38.6 Å². The van der Waals surface area contributed by atoms with Crippen molar-refractivity contribution < 1.29 is 0 Å². The summed E-state index contributed by atoms with van der Waals surface area (Å²) in [6.45, 7) is 2.31. The molecule has 11 heavy (non-hydrogen) atoms. The SMILES string of the molecule is CN=C=NC1CCC(C)CC1. The van der Waals surface area contributed by atoms with Crippen LogP contribution in [-0.4, -0.2) is 19.1 Å². The molecule has 1 aliphatic rings. The minimum absolute atomic E-state index is 0.509. The van der Waals surface area contributed by atoms with Gasteiger partial charge in [0.2, 0.25) is 0 Å². The van der Waals surface area contributed by atoms with Crippen LogP contribution < -0.4 is 0 Å². The second-order valence-electron chi connectivity index (χ2n) is 3.37. The average Bonchev–Trinajstić information content (AvgIpc) is 2.04. The third-order valence-corrected chi connectivity index (χ3v) is 2.33. The lowest BCUT2D eigenvalue weighted by Gasteiger charge is -2.21. The highest BCUT2D eigenvalue weighted by atomic mass is 14.8. The first-order chi connectivity index (χ1) is 5.33. The molecule has 0 N–H and O–H groups in total. The van der Waals surface area contributed by atoms with E-state index in [9.17, 15) is 0 Å². The molecular formula is C9H16N2. The van der Waals surface area contributed by atoms with Crippen LogP contribution >= 0.6 is 0 Å². The van der Waals surface area contributed by atoms with E-state index in [0.717, 1.165) is 5.92 Å². The molecule has 0 aromatic heterocycles. The maximum atomic E-state index is 4.22. The molecule has 0 unspecified atom stereocenters. The summed E-state index contributed by atoms with van der Waals surface area (Å²) < 4.78 is 0. The highest BCUT2D eigenvalue weighted by Gasteiger charge is 2.16. The van der Waals surface area contributed by atoms with Crippen molar-refractivity contribution in [3.63, 3.8) is 0 Å². The number of aliphatic imine (C=N–C) groups is 2. The van der Waals surface area contributed by atoms with Crippen molar-refractivity contribution in [1.29, 1.82) is 0 Å². The van der Waals surface area contributed by atoms with Crippen LogP contribution in [0.2, 0.25) is 0 Å². The van der Waals surface area contributed by atoms with E-state index in [1.165, 1.54) is 25.7 Å². The zero-order valence-corrected chi connectivity index (χ0v) is 7.38. The van der Waals surface area contributed by atoms with Gasteiger partial charge in [0.1, 0.15) is 0 Å². The monoisotopic (exact) mass is 152 g/mol. The average molecular weight is 152 g/mol. The van der Waals surface area contributed by atoms with E-state index >= 15 is 0 Å². The molecule has 2 nitrogen and oxygen atoms in total. The summed E-state index contributed by atoms with van der Waals surface area (Å²) >= 11 is 0. The largest absolute Gasteiger partial charge is 0.229 e. The summed E-state index contributed by atoms with van der Waals surface area (Å²) in [5.74, 6) is 0.903. The topological polar surface area (TPSA) is 24.7 Å². The summed E-state index contributed by atoms with van der Waals surface area (Å²) in [5, 5.41) is 0. The number of nitrogens with zero attached hydrogens (tertiary/aromatic N) is 2. The molecule has 1 fully saturated rings. The first-order valence-corrected chi connectivity index (χ1v) is 4.36. The van der Waals surface area contributed by atoms with E-state index in [0.29, 0.717) is 6.04 Å². The second kappa shape index (κ2) is 4.30. The van der Waals surface area contributed by atoms with Crippen LogP contribution in [0, 0.1) is 5.92 Å². The molecule has 0 atom stereocenters. The fourth-order valence-corrected chi connectivity index (χ4v) is 1.51. The van der Waals surface area contributed by atoms with E-state index in [4.69, 9.17) is 0 Å². The lowest BCUT2D eigenvalue weighted by atomic mass is 9.88. The van der Waals surface area contributed by atoms with E-state index in [1.807, 2.05) is 0 Å². The Morgan fingerprint density at radius 3 is 2.36 bits per heavy atom. The maximum Gasteiger partial charge on any atom is 0.0892 e.